The molecule has 0 unspecified atom stereocenters. The first-order valence-electron chi connectivity index (χ1n) is 10.6. The Hall–Kier alpha value is -3.38. The molecule has 4 aromatic rings. The largest absolute Gasteiger partial charge is 0.356 e. The van der Waals surface area contributed by atoms with E-state index in [0.29, 0.717) is 36.4 Å². The van der Waals surface area contributed by atoms with Crippen molar-refractivity contribution in [3.8, 4) is 0 Å². The fourth-order valence-corrected chi connectivity index (χ4v) is 7.01. The summed E-state index contributed by atoms with van der Waals surface area (Å²) < 4.78 is 42.0. The lowest BCUT2D eigenvalue weighted by Crippen LogP contribution is -2.38. The summed E-state index contributed by atoms with van der Waals surface area (Å²) in [4.78, 5) is 17.8. The highest BCUT2D eigenvalue weighted by Crippen LogP contribution is 2.47. The van der Waals surface area contributed by atoms with Crippen LogP contribution in [-0.2, 0) is 11.0 Å². The number of hydrogen-bond donors (Lipinski definition) is 1. The van der Waals surface area contributed by atoms with Crippen LogP contribution in [0.4, 0.5) is 14.6 Å². The fraction of sp³-hybridized carbons (Fsp3) is 0.208. The molecule has 168 valence electrons. The van der Waals surface area contributed by atoms with E-state index in [1.807, 2.05) is 17.0 Å². The van der Waals surface area contributed by atoms with E-state index >= 15 is 0 Å². The Balaban J connectivity index is 1.41. The van der Waals surface area contributed by atoms with Crippen LogP contribution in [0.2, 0.25) is 0 Å². The van der Waals surface area contributed by atoms with E-state index in [0.717, 1.165) is 10.9 Å². The quantitative estimate of drug-likeness (QED) is 0.367. The normalized spacial score (nSPS) is 15.6. The van der Waals surface area contributed by atoms with Gasteiger partial charge in [0, 0.05) is 42.5 Å². The second-order valence-electron chi connectivity index (χ2n) is 8.15. The van der Waals surface area contributed by atoms with Gasteiger partial charge in [-0.1, -0.05) is 30.3 Å². The average Bonchev–Trinajstić information content (AvgIpc) is 2.82. The van der Waals surface area contributed by atoms with Crippen LogP contribution < -0.4 is 15.8 Å². The third-order valence-corrected chi connectivity index (χ3v) is 9.15. The summed E-state index contributed by atoms with van der Waals surface area (Å²) >= 11 is 0. The molecule has 1 aliphatic rings. The molecular weight excluding hydrogens is 445 g/mol. The number of rotatable bonds is 4. The molecule has 0 saturated carbocycles. The molecule has 0 radical (unpaired) electrons. The van der Waals surface area contributed by atoms with Gasteiger partial charge in [-0.05, 0) is 35.9 Å². The number of halogens is 2. The van der Waals surface area contributed by atoms with Gasteiger partial charge < -0.3 is 9.46 Å². The summed E-state index contributed by atoms with van der Waals surface area (Å²) in [6, 6.07) is 16.4. The van der Waals surface area contributed by atoms with Crippen LogP contribution in [-0.4, -0.2) is 40.6 Å². The Morgan fingerprint density at radius 3 is 2.48 bits per heavy atom. The number of anilines is 1. The van der Waals surface area contributed by atoms with E-state index in [1.54, 1.807) is 36.4 Å². The van der Waals surface area contributed by atoms with Gasteiger partial charge in [-0.3, -0.25) is 4.79 Å². The number of benzene rings is 2. The third kappa shape index (κ3) is 4.18. The molecule has 0 aliphatic carbocycles. The molecule has 1 saturated heterocycles. The predicted octanol–water partition coefficient (Wildman–Crippen LogP) is 3.70. The molecule has 33 heavy (non-hydrogen) atoms. The number of aromatic amines is 1. The molecule has 1 fully saturated rings. The van der Waals surface area contributed by atoms with Crippen molar-refractivity contribution in [1.29, 1.82) is 0 Å². The zero-order valence-corrected chi connectivity index (χ0v) is 18.6. The second-order valence-corrected chi connectivity index (χ2v) is 11.3. The SMILES string of the molecule is O=c1[nH]nc(Cc2ccc(F)c(P3(=O)CCN(c4cccc(F)n4)CC3)c2)c2ccccc12. The Kier molecular flexibility index (Phi) is 5.54. The minimum absolute atomic E-state index is 0.237. The van der Waals surface area contributed by atoms with Gasteiger partial charge in [0.05, 0.1) is 11.1 Å². The molecule has 0 amide bonds. The highest BCUT2D eigenvalue weighted by Gasteiger charge is 2.33. The zero-order chi connectivity index (χ0) is 23.0. The van der Waals surface area contributed by atoms with Gasteiger partial charge in [-0.15, -0.1) is 0 Å². The van der Waals surface area contributed by atoms with Crippen LogP contribution in [0.5, 0.6) is 0 Å². The van der Waals surface area contributed by atoms with Gasteiger partial charge in [0.1, 0.15) is 18.8 Å². The molecule has 0 spiro atoms. The summed E-state index contributed by atoms with van der Waals surface area (Å²) in [6.07, 6.45) is 0.931. The summed E-state index contributed by atoms with van der Waals surface area (Å²) in [5, 5.41) is 8.21. The number of H-pyrrole nitrogens is 1. The molecule has 9 heteroatoms. The molecule has 1 N–H and O–H groups in total. The number of hydrogen-bond acceptors (Lipinski definition) is 5. The monoisotopic (exact) mass is 466 g/mol. The highest BCUT2D eigenvalue weighted by atomic mass is 31.2. The summed E-state index contributed by atoms with van der Waals surface area (Å²) in [6.45, 7) is 0.813. The molecule has 3 heterocycles. The van der Waals surface area contributed by atoms with E-state index in [2.05, 4.69) is 15.2 Å². The molecule has 2 aromatic carbocycles. The lowest BCUT2D eigenvalue weighted by atomic mass is 10.0. The van der Waals surface area contributed by atoms with Crippen molar-refractivity contribution in [2.75, 3.05) is 30.3 Å². The molecular formula is C24H21F2N4O2P. The zero-order valence-electron chi connectivity index (χ0n) is 17.7. The van der Waals surface area contributed by atoms with Crippen molar-refractivity contribution >= 4 is 29.0 Å². The maximum absolute atomic E-state index is 14.8. The molecule has 0 atom stereocenters. The van der Waals surface area contributed by atoms with E-state index in [-0.39, 0.29) is 23.2 Å². The Morgan fingerprint density at radius 2 is 1.73 bits per heavy atom. The van der Waals surface area contributed by atoms with E-state index in [1.165, 1.54) is 12.1 Å². The lowest BCUT2D eigenvalue weighted by molar-refractivity contribution is 0.568. The summed E-state index contributed by atoms with van der Waals surface area (Å²) in [5.41, 5.74) is 1.16. The fourth-order valence-electron chi connectivity index (χ4n) is 4.31. The first-order chi connectivity index (χ1) is 15.9. The minimum Gasteiger partial charge on any atom is -0.356 e. The third-order valence-electron chi connectivity index (χ3n) is 6.08. The number of fused-ring (bicyclic) bond motifs is 1. The van der Waals surface area contributed by atoms with E-state index < -0.39 is 18.9 Å². The van der Waals surface area contributed by atoms with Gasteiger partial charge in [-0.25, -0.2) is 14.5 Å². The van der Waals surface area contributed by atoms with E-state index in [4.69, 9.17) is 0 Å². The average molecular weight is 466 g/mol. The Bertz CT molecular complexity index is 1440. The molecule has 0 bridgehead atoms. The molecule has 1 aliphatic heterocycles. The first kappa shape index (κ1) is 21.5. The number of pyridine rings is 1. The second kappa shape index (κ2) is 8.52. The number of nitrogens with zero attached hydrogens (tertiary/aromatic N) is 3. The number of aromatic nitrogens is 3. The van der Waals surface area contributed by atoms with Crippen molar-refractivity contribution in [1.82, 2.24) is 15.2 Å². The molecule has 5 rings (SSSR count). The minimum atomic E-state index is -2.98. The van der Waals surface area contributed by atoms with Gasteiger partial charge in [-0.2, -0.15) is 9.49 Å². The van der Waals surface area contributed by atoms with Crippen molar-refractivity contribution in [2.24, 2.45) is 0 Å². The highest BCUT2D eigenvalue weighted by molar-refractivity contribution is 7.71. The standard InChI is InChI=1S/C24H21F2N4O2P/c25-19-9-8-16(14-20-17-4-1-2-5-18(17)24(31)29-28-20)15-21(19)33(32)12-10-30(11-13-33)23-7-3-6-22(26)27-23/h1-9,15H,10-14H2,(H,29,31). The van der Waals surface area contributed by atoms with Gasteiger partial charge >= 0.3 is 0 Å². The van der Waals surface area contributed by atoms with Crippen LogP contribution >= 0.6 is 7.14 Å². The van der Waals surface area contributed by atoms with Crippen molar-refractivity contribution in [2.45, 2.75) is 6.42 Å². The molecule has 6 nitrogen and oxygen atoms in total. The van der Waals surface area contributed by atoms with Crippen molar-refractivity contribution < 1.29 is 13.3 Å². The maximum atomic E-state index is 14.8. The van der Waals surface area contributed by atoms with Crippen LogP contribution in [0.15, 0.2) is 65.5 Å². The van der Waals surface area contributed by atoms with E-state index in [9.17, 15) is 18.1 Å². The van der Waals surface area contributed by atoms with Gasteiger partial charge in [0.2, 0.25) is 5.95 Å². The van der Waals surface area contributed by atoms with Crippen molar-refractivity contribution in [3.05, 3.63) is 94.0 Å². The summed E-state index contributed by atoms with van der Waals surface area (Å²) in [5.74, 6) is -0.561. The van der Waals surface area contributed by atoms with Gasteiger partial charge in [0.15, 0.2) is 0 Å². The van der Waals surface area contributed by atoms with Crippen LogP contribution in [0, 0.1) is 11.8 Å². The first-order valence-corrected chi connectivity index (χ1v) is 12.7. The predicted molar refractivity (Wildman–Crippen MR) is 125 cm³/mol. The van der Waals surface area contributed by atoms with Crippen LogP contribution in [0.1, 0.15) is 11.3 Å². The number of nitrogens with one attached hydrogen (secondary N) is 1. The van der Waals surface area contributed by atoms with Crippen LogP contribution in [0.3, 0.4) is 0 Å². The van der Waals surface area contributed by atoms with Crippen LogP contribution in [0.25, 0.3) is 10.8 Å². The Labute approximate surface area is 188 Å². The maximum Gasteiger partial charge on any atom is 0.272 e. The Morgan fingerprint density at radius 1 is 0.970 bits per heavy atom. The summed E-state index contributed by atoms with van der Waals surface area (Å²) in [7, 11) is -2.98. The smallest absolute Gasteiger partial charge is 0.272 e. The lowest BCUT2D eigenvalue weighted by Gasteiger charge is -2.33. The van der Waals surface area contributed by atoms with Crippen molar-refractivity contribution in [3.63, 3.8) is 0 Å². The van der Waals surface area contributed by atoms with Gasteiger partial charge in [0.25, 0.3) is 5.56 Å². The molecule has 2 aromatic heterocycles. The topological polar surface area (TPSA) is 79.0 Å².